The summed E-state index contributed by atoms with van der Waals surface area (Å²) in [6, 6.07) is 13.9. The number of amides is 1. The second-order valence-corrected chi connectivity index (χ2v) is 5.67. The van der Waals surface area contributed by atoms with E-state index in [4.69, 9.17) is 0 Å². The van der Waals surface area contributed by atoms with E-state index in [1.54, 1.807) is 0 Å². The molecular formula is C19H21N3O. The Kier molecular flexibility index (Phi) is 4.42. The van der Waals surface area contributed by atoms with Crippen LogP contribution in [0.2, 0.25) is 0 Å². The van der Waals surface area contributed by atoms with Gasteiger partial charge < -0.3 is 9.72 Å². The van der Waals surface area contributed by atoms with Crippen LogP contribution >= 0.6 is 0 Å². The Morgan fingerprint density at radius 1 is 1.17 bits per heavy atom. The van der Waals surface area contributed by atoms with Gasteiger partial charge in [-0.1, -0.05) is 25.1 Å². The highest BCUT2D eigenvalue weighted by Gasteiger charge is 2.10. The monoisotopic (exact) mass is 307 g/mol. The van der Waals surface area contributed by atoms with E-state index >= 15 is 0 Å². The molecule has 1 N–H and O–H groups in total. The number of rotatable bonds is 5. The number of carbonyl (C=O) groups excluding carboxylic acids is 1. The molecule has 4 heteroatoms. The Morgan fingerprint density at radius 3 is 2.70 bits per heavy atom. The summed E-state index contributed by atoms with van der Waals surface area (Å²) in [7, 11) is 0. The van der Waals surface area contributed by atoms with Gasteiger partial charge in [-0.05, 0) is 49.6 Å². The van der Waals surface area contributed by atoms with Crippen molar-refractivity contribution >= 4 is 17.2 Å². The van der Waals surface area contributed by atoms with Crippen LogP contribution in [0.15, 0.2) is 48.7 Å². The first-order valence-corrected chi connectivity index (χ1v) is 7.98. The SMILES string of the molecule is CCc1ccc(NC(=O)CCc2c(C)nc3ccccn23)cc1. The molecule has 0 spiro atoms. The number of pyridine rings is 1. The third kappa shape index (κ3) is 3.42. The lowest BCUT2D eigenvalue weighted by Gasteiger charge is -2.07. The number of carbonyl (C=O) groups is 1. The zero-order valence-electron chi connectivity index (χ0n) is 13.5. The topological polar surface area (TPSA) is 46.4 Å². The molecule has 0 aliphatic carbocycles. The van der Waals surface area contributed by atoms with E-state index in [0.717, 1.165) is 29.1 Å². The van der Waals surface area contributed by atoms with E-state index < -0.39 is 0 Å². The lowest BCUT2D eigenvalue weighted by atomic mass is 10.1. The quantitative estimate of drug-likeness (QED) is 0.780. The molecule has 0 bridgehead atoms. The number of benzene rings is 1. The number of aryl methyl sites for hydroxylation is 3. The standard InChI is InChI=1S/C19H21N3O/c1-3-15-7-9-16(10-8-15)21-19(23)12-11-17-14(2)20-18-6-4-5-13-22(17)18/h4-10,13H,3,11-12H2,1-2H3,(H,21,23). The molecule has 3 rings (SSSR count). The maximum Gasteiger partial charge on any atom is 0.224 e. The highest BCUT2D eigenvalue weighted by molar-refractivity contribution is 5.90. The van der Waals surface area contributed by atoms with E-state index in [0.29, 0.717) is 12.8 Å². The summed E-state index contributed by atoms with van der Waals surface area (Å²) < 4.78 is 2.05. The zero-order valence-corrected chi connectivity index (χ0v) is 13.5. The molecule has 0 saturated carbocycles. The van der Waals surface area contributed by atoms with Gasteiger partial charge in [-0.15, -0.1) is 0 Å². The Morgan fingerprint density at radius 2 is 1.96 bits per heavy atom. The summed E-state index contributed by atoms with van der Waals surface area (Å²) in [6.45, 7) is 4.11. The van der Waals surface area contributed by atoms with Gasteiger partial charge in [0.1, 0.15) is 5.65 Å². The number of anilines is 1. The number of hydrogen-bond acceptors (Lipinski definition) is 2. The van der Waals surface area contributed by atoms with E-state index in [2.05, 4.69) is 21.6 Å². The molecular weight excluding hydrogens is 286 g/mol. The molecule has 1 aromatic carbocycles. The fourth-order valence-electron chi connectivity index (χ4n) is 2.74. The summed E-state index contributed by atoms with van der Waals surface area (Å²) in [5.74, 6) is 0.0273. The van der Waals surface area contributed by atoms with Crippen molar-refractivity contribution in [2.24, 2.45) is 0 Å². The smallest absolute Gasteiger partial charge is 0.224 e. The summed E-state index contributed by atoms with van der Waals surface area (Å²) in [4.78, 5) is 16.7. The molecule has 23 heavy (non-hydrogen) atoms. The van der Waals surface area contributed by atoms with Crippen LogP contribution in [0.4, 0.5) is 5.69 Å². The van der Waals surface area contributed by atoms with Crippen molar-refractivity contribution in [2.75, 3.05) is 5.32 Å². The molecule has 0 fully saturated rings. The molecule has 0 saturated heterocycles. The molecule has 3 aromatic rings. The van der Waals surface area contributed by atoms with Crippen molar-refractivity contribution in [3.8, 4) is 0 Å². The summed E-state index contributed by atoms with van der Waals surface area (Å²) >= 11 is 0. The minimum absolute atomic E-state index is 0.0273. The van der Waals surface area contributed by atoms with Crippen molar-refractivity contribution in [3.05, 3.63) is 65.6 Å². The third-order valence-electron chi connectivity index (χ3n) is 4.06. The number of nitrogens with zero attached hydrogens (tertiary/aromatic N) is 2. The minimum atomic E-state index is 0.0273. The highest BCUT2D eigenvalue weighted by Crippen LogP contribution is 2.15. The van der Waals surface area contributed by atoms with Gasteiger partial charge in [0.15, 0.2) is 0 Å². The average Bonchev–Trinajstić information content (AvgIpc) is 2.89. The maximum atomic E-state index is 12.2. The predicted octanol–water partition coefficient (Wildman–Crippen LogP) is 3.78. The van der Waals surface area contributed by atoms with Gasteiger partial charge in [-0.25, -0.2) is 4.98 Å². The number of fused-ring (bicyclic) bond motifs is 1. The zero-order chi connectivity index (χ0) is 16.2. The number of imidazole rings is 1. The molecule has 1 amide bonds. The lowest BCUT2D eigenvalue weighted by Crippen LogP contribution is -2.13. The second kappa shape index (κ2) is 6.65. The molecule has 0 radical (unpaired) electrons. The molecule has 118 valence electrons. The Hall–Kier alpha value is -2.62. The maximum absolute atomic E-state index is 12.2. The van der Waals surface area contributed by atoms with E-state index in [1.807, 2.05) is 55.6 Å². The normalized spacial score (nSPS) is 10.9. The van der Waals surface area contributed by atoms with E-state index in [-0.39, 0.29) is 5.91 Å². The van der Waals surface area contributed by atoms with Gasteiger partial charge >= 0.3 is 0 Å². The first kappa shape index (κ1) is 15.3. The van der Waals surface area contributed by atoms with Gasteiger partial charge in [0, 0.05) is 24.0 Å². The van der Waals surface area contributed by atoms with Crippen LogP contribution in [0.25, 0.3) is 5.65 Å². The van der Waals surface area contributed by atoms with Gasteiger partial charge in [-0.2, -0.15) is 0 Å². The van der Waals surface area contributed by atoms with Crippen LogP contribution in [0, 0.1) is 6.92 Å². The Balaban J connectivity index is 1.65. The van der Waals surface area contributed by atoms with Crippen molar-refractivity contribution < 1.29 is 4.79 Å². The molecule has 0 aliphatic rings. The minimum Gasteiger partial charge on any atom is -0.326 e. The van der Waals surface area contributed by atoms with E-state index in [9.17, 15) is 4.79 Å². The fraction of sp³-hybridized carbons (Fsp3) is 0.263. The van der Waals surface area contributed by atoms with Crippen molar-refractivity contribution in [1.82, 2.24) is 9.38 Å². The van der Waals surface area contributed by atoms with Crippen LogP contribution in [0.5, 0.6) is 0 Å². The van der Waals surface area contributed by atoms with Gasteiger partial charge in [0.05, 0.1) is 5.69 Å². The third-order valence-corrected chi connectivity index (χ3v) is 4.06. The molecule has 0 unspecified atom stereocenters. The average molecular weight is 307 g/mol. The largest absolute Gasteiger partial charge is 0.326 e. The van der Waals surface area contributed by atoms with Crippen molar-refractivity contribution in [3.63, 3.8) is 0 Å². The van der Waals surface area contributed by atoms with Crippen molar-refractivity contribution in [2.45, 2.75) is 33.1 Å². The van der Waals surface area contributed by atoms with Gasteiger partial charge in [0.2, 0.25) is 5.91 Å². The van der Waals surface area contributed by atoms with Crippen LogP contribution in [-0.4, -0.2) is 15.3 Å². The Labute approximate surface area is 136 Å². The molecule has 0 aliphatic heterocycles. The van der Waals surface area contributed by atoms with E-state index in [1.165, 1.54) is 5.56 Å². The predicted molar refractivity (Wildman–Crippen MR) is 92.7 cm³/mol. The number of nitrogens with one attached hydrogen (secondary N) is 1. The second-order valence-electron chi connectivity index (χ2n) is 5.67. The summed E-state index contributed by atoms with van der Waals surface area (Å²) in [5, 5.41) is 2.95. The highest BCUT2D eigenvalue weighted by atomic mass is 16.1. The Bertz CT molecular complexity index is 818. The molecule has 2 heterocycles. The fourth-order valence-corrected chi connectivity index (χ4v) is 2.74. The summed E-state index contributed by atoms with van der Waals surface area (Å²) in [5.41, 5.74) is 5.12. The number of aromatic nitrogens is 2. The lowest BCUT2D eigenvalue weighted by molar-refractivity contribution is -0.116. The molecule has 2 aromatic heterocycles. The first-order chi connectivity index (χ1) is 11.2. The van der Waals surface area contributed by atoms with Crippen LogP contribution in [-0.2, 0) is 17.6 Å². The van der Waals surface area contributed by atoms with Crippen molar-refractivity contribution in [1.29, 1.82) is 0 Å². The summed E-state index contributed by atoms with van der Waals surface area (Å²) in [6.07, 6.45) is 4.11. The molecule has 4 nitrogen and oxygen atoms in total. The van der Waals surface area contributed by atoms with Crippen LogP contribution < -0.4 is 5.32 Å². The van der Waals surface area contributed by atoms with Crippen LogP contribution in [0.3, 0.4) is 0 Å². The first-order valence-electron chi connectivity index (χ1n) is 7.98. The van der Waals surface area contributed by atoms with Gasteiger partial charge in [0.25, 0.3) is 0 Å². The van der Waals surface area contributed by atoms with Crippen LogP contribution in [0.1, 0.15) is 30.3 Å². The molecule has 0 atom stereocenters. The van der Waals surface area contributed by atoms with Gasteiger partial charge in [-0.3, -0.25) is 4.79 Å². The number of hydrogen-bond donors (Lipinski definition) is 1.